The van der Waals surface area contributed by atoms with Crippen molar-refractivity contribution >= 4 is 34.8 Å². The molecule has 0 saturated carbocycles. The van der Waals surface area contributed by atoms with Crippen LogP contribution in [0.5, 0.6) is 0 Å². The standard InChI is InChI=1S/C14H17Cl2FN2O/c1-2-3-14(4-5-18-8-14)13(20)19-9-6-10(15)12(17)11(16)7-9/h6-7,18H,2-5,8H2,1H3,(H,19,20). The predicted octanol–water partition coefficient (Wildman–Crippen LogP) is 3.85. The molecule has 0 radical (unpaired) electrons. The molecular weight excluding hydrogens is 302 g/mol. The lowest BCUT2D eigenvalue weighted by molar-refractivity contribution is -0.125. The number of amides is 1. The van der Waals surface area contributed by atoms with Crippen LogP contribution in [-0.4, -0.2) is 19.0 Å². The van der Waals surface area contributed by atoms with Crippen LogP contribution in [0.1, 0.15) is 26.2 Å². The first-order valence-electron chi connectivity index (χ1n) is 6.65. The fraction of sp³-hybridized carbons (Fsp3) is 0.500. The molecule has 1 aliphatic rings. The maximum absolute atomic E-state index is 13.4. The van der Waals surface area contributed by atoms with Crippen molar-refractivity contribution in [3.05, 3.63) is 28.0 Å². The van der Waals surface area contributed by atoms with Gasteiger partial charge in [-0.2, -0.15) is 0 Å². The summed E-state index contributed by atoms with van der Waals surface area (Å²) in [7, 11) is 0. The van der Waals surface area contributed by atoms with E-state index in [9.17, 15) is 9.18 Å². The number of hydrogen-bond acceptors (Lipinski definition) is 2. The number of hydrogen-bond donors (Lipinski definition) is 2. The Morgan fingerprint density at radius 2 is 2.10 bits per heavy atom. The molecule has 1 aliphatic heterocycles. The highest BCUT2D eigenvalue weighted by Crippen LogP contribution is 2.34. The lowest BCUT2D eigenvalue weighted by Crippen LogP contribution is -2.38. The third-order valence-electron chi connectivity index (χ3n) is 3.70. The van der Waals surface area contributed by atoms with Crippen molar-refractivity contribution in [1.82, 2.24) is 5.32 Å². The van der Waals surface area contributed by atoms with Crippen LogP contribution >= 0.6 is 23.2 Å². The van der Waals surface area contributed by atoms with E-state index in [1.54, 1.807) is 0 Å². The van der Waals surface area contributed by atoms with Crippen LogP contribution in [0, 0.1) is 11.2 Å². The van der Waals surface area contributed by atoms with Gasteiger partial charge in [-0.05, 0) is 31.5 Å². The summed E-state index contributed by atoms with van der Waals surface area (Å²) in [6.07, 6.45) is 2.55. The van der Waals surface area contributed by atoms with E-state index in [2.05, 4.69) is 17.6 Å². The van der Waals surface area contributed by atoms with Crippen molar-refractivity contribution in [1.29, 1.82) is 0 Å². The molecule has 1 aromatic carbocycles. The highest BCUT2D eigenvalue weighted by Gasteiger charge is 2.40. The zero-order chi connectivity index (χ0) is 14.8. The van der Waals surface area contributed by atoms with Gasteiger partial charge in [-0.15, -0.1) is 0 Å². The van der Waals surface area contributed by atoms with Gasteiger partial charge in [0.25, 0.3) is 0 Å². The Morgan fingerprint density at radius 1 is 1.45 bits per heavy atom. The van der Waals surface area contributed by atoms with Crippen LogP contribution in [0.25, 0.3) is 0 Å². The monoisotopic (exact) mass is 318 g/mol. The molecule has 20 heavy (non-hydrogen) atoms. The maximum Gasteiger partial charge on any atom is 0.231 e. The Labute approximate surface area is 127 Å². The van der Waals surface area contributed by atoms with E-state index in [1.807, 2.05) is 0 Å². The lowest BCUT2D eigenvalue weighted by atomic mass is 9.81. The van der Waals surface area contributed by atoms with Crippen LogP contribution in [0.2, 0.25) is 10.0 Å². The quantitative estimate of drug-likeness (QED) is 0.828. The van der Waals surface area contributed by atoms with Gasteiger partial charge in [-0.25, -0.2) is 4.39 Å². The fourth-order valence-electron chi connectivity index (χ4n) is 2.63. The summed E-state index contributed by atoms with van der Waals surface area (Å²) in [4.78, 5) is 12.5. The number of benzene rings is 1. The molecule has 0 aliphatic carbocycles. The summed E-state index contributed by atoms with van der Waals surface area (Å²) >= 11 is 11.5. The highest BCUT2D eigenvalue weighted by atomic mass is 35.5. The van der Waals surface area contributed by atoms with Gasteiger partial charge in [-0.1, -0.05) is 36.5 Å². The molecule has 6 heteroatoms. The van der Waals surface area contributed by atoms with Crippen molar-refractivity contribution in [2.24, 2.45) is 5.41 Å². The van der Waals surface area contributed by atoms with Crippen LogP contribution in [-0.2, 0) is 4.79 Å². The SMILES string of the molecule is CCCC1(C(=O)Nc2cc(Cl)c(F)c(Cl)c2)CCNC1. The summed E-state index contributed by atoms with van der Waals surface area (Å²) in [6.45, 7) is 3.55. The van der Waals surface area contributed by atoms with Crippen LogP contribution < -0.4 is 10.6 Å². The minimum atomic E-state index is -0.669. The summed E-state index contributed by atoms with van der Waals surface area (Å²) in [6, 6.07) is 2.76. The minimum Gasteiger partial charge on any atom is -0.325 e. The number of nitrogens with one attached hydrogen (secondary N) is 2. The van der Waals surface area contributed by atoms with Gasteiger partial charge in [0.2, 0.25) is 5.91 Å². The first-order chi connectivity index (χ1) is 9.48. The normalized spacial score (nSPS) is 22.0. The van der Waals surface area contributed by atoms with Crippen molar-refractivity contribution < 1.29 is 9.18 Å². The molecule has 2 N–H and O–H groups in total. The second-order valence-electron chi connectivity index (χ2n) is 5.17. The summed E-state index contributed by atoms with van der Waals surface area (Å²) < 4.78 is 13.4. The average molecular weight is 319 g/mol. The van der Waals surface area contributed by atoms with Gasteiger partial charge in [0, 0.05) is 12.2 Å². The Bertz CT molecular complexity index is 493. The first-order valence-corrected chi connectivity index (χ1v) is 7.41. The molecule has 1 atom stereocenters. The molecule has 1 saturated heterocycles. The Balaban J connectivity index is 2.18. The molecule has 3 nitrogen and oxygen atoms in total. The van der Waals surface area contributed by atoms with Crippen molar-refractivity contribution in [2.45, 2.75) is 26.2 Å². The van der Waals surface area contributed by atoms with Gasteiger partial charge < -0.3 is 10.6 Å². The average Bonchev–Trinajstić information content (AvgIpc) is 2.86. The minimum absolute atomic E-state index is 0.0666. The molecule has 0 spiro atoms. The van der Waals surface area contributed by atoms with E-state index in [4.69, 9.17) is 23.2 Å². The molecular formula is C14H17Cl2FN2O. The molecule has 0 aromatic heterocycles. The van der Waals surface area contributed by atoms with E-state index < -0.39 is 11.2 Å². The molecule has 1 unspecified atom stereocenters. The van der Waals surface area contributed by atoms with Gasteiger partial charge in [0.1, 0.15) is 0 Å². The lowest BCUT2D eigenvalue weighted by Gasteiger charge is -2.26. The van der Waals surface area contributed by atoms with E-state index in [1.165, 1.54) is 12.1 Å². The largest absolute Gasteiger partial charge is 0.325 e. The van der Waals surface area contributed by atoms with Crippen molar-refractivity contribution in [3.63, 3.8) is 0 Å². The second kappa shape index (κ2) is 6.29. The Hall–Kier alpha value is -0.840. The number of anilines is 1. The highest BCUT2D eigenvalue weighted by molar-refractivity contribution is 6.35. The summed E-state index contributed by atoms with van der Waals surface area (Å²) in [5.41, 5.74) is 0.0241. The van der Waals surface area contributed by atoms with E-state index >= 15 is 0 Å². The summed E-state index contributed by atoms with van der Waals surface area (Å²) in [5, 5.41) is 5.84. The molecule has 0 bridgehead atoms. The van der Waals surface area contributed by atoms with E-state index in [-0.39, 0.29) is 16.0 Å². The second-order valence-corrected chi connectivity index (χ2v) is 5.98. The smallest absolute Gasteiger partial charge is 0.231 e. The van der Waals surface area contributed by atoms with Crippen LogP contribution in [0.3, 0.4) is 0 Å². The molecule has 1 amide bonds. The van der Waals surface area contributed by atoms with E-state index in [0.717, 1.165) is 25.8 Å². The molecule has 1 fully saturated rings. The van der Waals surface area contributed by atoms with Gasteiger partial charge in [-0.3, -0.25) is 4.79 Å². The summed E-state index contributed by atoms with van der Waals surface area (Å²) in [5.74, 6) is -0.736. The Kier molecular flexibility index (Phi) is 4.89. The van der Waals surface area contributed by atoms with Gasteiger partial charge in [0.15, 0.2) is 5.82 Å². The van der Waals surface area contributed by atoms with E-state index in [0.29, 0.717) is 12.2 Å². The number of carbonyl (C=O) groups excluding carboxylic acids is 1. The van der Waals surface area contributed by atoms with Gasteiger partial charge >= 0.3 is 0 Å². The zero-order valence-electron chi connectivity index (χ0n) is 11.2. The van der Waals surface area contributed by atoms with Crippen molar-refractivity contribution in [3.8, 4) is 0 Å². The van der Waals surface area contributed by atoms with Gasteiger partial charge in [0.05, 0.1) is 15.5 Å². The molecule has 1 aromatic rings. The third kappa shape index (κ3) is 3.08. The topological polar surface area (TPSA) is 41.1 Å². The number of halogens is 3. The van der Waals surface area contributed by atoms with Crippen LogP contribution in [0.15, 0.2) is 12.1 Å². The molecule has 110 valence electrons. The predicted molar refractivity (Wildman–Crippen MR) is 79.9 cm³/mol. The third-order valence-corrected chi connectivity index (χ3v) is 4.25. The van der Waals surface area contributed by atoms with Crippen LogP contribution in [0.4, 0.5) is 10.1 Å². The molecule has 1 heterocycles. The van der Waals surface area contributed by atoms with Crippen molar-refractivity contribution in [2.75, 3.05) is 18.4 Å². The molecule has 2 rings (SSSR count). The number of rotatable bonds is 4. The zero-order valence-corrected chi connectivity index (χ0v) is 12.7. The fourth-order valence-corrected chi connectivity index (χ4v) is 3.12. The number of carbonyl (C=O) groups is 1. The maximum atomic E-state index is 13.4. The first kappa shape index (κ1) is 15.5. The Morgan fingerprint density at radius 3 is 2.60 bits per heavy atom.